The molecule has 1 aromatic carbocycles. The number of carboxylic acids is 1. The van der Waals surface area contributed by atoms with Crippen LogP contribution in [0.25, 0.3) is 11.1 Å². The molecule has 0 saturated carbocycles. The van der Waals surface area contributed by atoms with Gasteiger partial charge in [0.2, 0.25) is 10.4 Å². The lowest BCUT2D eigenvalue weighted by Crippen LogP contribution is -2.76. The number of nitrogens with one attached hydrogen (secondary N) is 2. The molecule has 7 N–H and O–H groups in total. The van der Waals surface area contributed by atoms with Gasteiger partial charge < -0.3 is 36.0 Å². The van der Waals surface area contributed by atoms with Gasteiger partial charge in [0.05, 0.1) is 25.3 Å². The van der Waals surface area contributed by atoms with Crippen molar-refractivity contribution in [2.45, 2.75) is 31.5 Å². The largest absolute Gasteiger partial charge is 0.724 e. The number of hydrogen-bond donors (Lipinski definition) is 5. The van der Waals surface area contributed by atoms with Crippen LogP contribution < -0.4 is 31.4 Å². The number of rotatable bonds is 15. The van der Waals surface area contributed by atoms with E-state index in [-0.39, 0.29) is 15.2 Å². The number of carbonyl (C=O) groups is 3. The zero-order valence-corrected chi connectivity index (χ0v) is 28.0. The molecule has 4 rings (SSSR count). The zero-order valence-electron chi connectivity index (χ0n) is 25.6. The highest BCUT2D eigenvalue weighted by atomic mass is 35.5. The summed E-state index contributed by atoms with van der Waals surface area (Å²) in [5, 5.41) is 19.2. The first-order valence-electron chi connectivity index (χ1n) is 13.9. The van der Waals surface area contributed by atoms with E-state index >= 15 is 0 Å². The van der Waals surface area contributed by atoms with Gasteiger partial charge in [0.1, 0.15) is 28.4 Å². The van der Waals surface area contributed by atoms with E-state index in [1.165, 1.54) is 13.8 Å². The van der Waals surface area contributed by atoms with E-state index in [1.54, 1.807) is 24.3 Å². The van der Waals surface area contributed by atoms with Crippen LogP contribution in [0, 0.1) is 0 Å². The summed E-state index contributed by atoms with van der Waals surface area (Å²) in [5.74, 6) is -2.46. The number of halogens is 1. The first-order valence-corrected chi connectivity index (χ1v) is 16.4. The predicted molar refractivity (Wildman–Crippen MR) is 170 cm³/mol. The molecule has 0 aliphatic carbocycles. The minimum absolute atomic E-state index is 0.0645. The Morgan fingerprint density at radius 2 is 1.92 bits per heavy atom. The summed E-state index contributed by atoms with van der Waals surface area (Å²) >= 11 is 6.96. The molecule has 258 valence electrons. The van der Waals surface area contributed by atoms with Crippen molar-refractivity contribution in [2.24, 2.45) is 17.9 Å². The number of benzene rings is 1. The van der Waals surface area contributed by atoms with Crippen molar-refractivity contribution in [1.29, 1.82) is 0 Å². The second-order valence-electron chi connectivity index (χ2n) is 10.7. The third kappa shape index (κ3) is 8.45. The van der Waals surface area contributed by atoms with E-state index in [0.29, 0.717) is 23.9 Å². The van der Waals surface area contributed by atoms with E-state index in [0.717, 1.165) is 28.3 Å². The summed E-state index contributed by atoms with van der Waals surface area (Å²) in [4.78, 5) is 46.9. The van der Waals surface area contributed by atoms with Gasteiger partial charge in [0.25, 0.3) is 23.7 Å². The lowest BCUT2D eigenvalue weighted by Gasteiger charge is -2.51. The molecule has 0 spiro atoms. The third-order valence-corrected chi connectivity index (χ3v) is 8.29. The van der Waals surface area contributed by atoms with Gasteiger partial charge in [-0.2, -0.15) is 9.35 Å². The number of aromatic nitrogens is 2. The van der Waals surface area contributed by atoms with Gasteiger partial charge >= 0.3 is 5.97 Å². The Morgan fingerprint density at radius 1 is 1.25 bits per heavy atom. The van der Waals surface area contributed by atoms with Crippen molar-refractivity contribution in [1.82, 2.24) is 15.4 Å². The number of hydrogen-bond acceptors (Lipinski definition) is 15. The minimum atomic E-state index is -5.29. The van der Waals surface area contributed by atoms with Crippen molar-refractivity contribution in [3.63, 3.8) is 0 Å². The SMILES string of the molecule is C[n+]1cc(-c2ccc(OCC(O/N=C(\C(=O)N[C@@H]3C(=O)N(OS(=O)(=O)[O-])C3(C)C)c3nc(N)sc3Cl)C(=O)O)cc2)ccc1NCCN. The number of aliphatic carboxylic acids is 1. The maximum atomic E-state index is 13.3. The average molecular weight is 727 g/mol. The van der Waals surface area contributed by atoms with Crippen molar-refractivity contribution < 1.29 is 50.9 Å². The number of thiazole rings is 1. The second-order valence-corrected chi connectivity index (χ2v) is 13.3. The maximum Gasteiger partial charge on any atom is 0.351 e. The molecule has 1 saturated heterocycles. The first kappa shape index (κ1) is 36.2. The molecule has 2 atom stereocenters. The van der Waals surface area contributed by atoms with E-state index in [9.17, 15) is 32.5 Å². The summed E-state index contributed by atoms with van der Waals surface area (Å²) in [6.07, 6.45) is 0.197. The van der Waals surface area contributed by atoms with Gasteiger partial charge in [-0.25, -0.2) is 22.8 Å². The summed E-state index contributed by atoms with van der Waals surface area (Å²) in [5.41, 5.74) is 10.6. The first-order chi connectivity index (χ1) is 22.5. The number of ether oxygens (including phenoxy) is 1. The Balaban J connectivity index is 1.47. The lowest BCUT2D eigenvalue weighted by atomic mass is 9.84. The summed E-state index contributed by atoms with van der Waals surface area (Å²) in [6, 6.07) is 9.29. The Hall–Kier alpha value is -4.60. The minimum Gasteiger partial charge on any atom is -0.724 e. The highest BCUT2D eigenvalue weighted by Crippen LogP contribution is 2.33. The van der Waals surface area contributed by atoms with Crippen LogP contribution in [-0.2, 0) is 41.0 Å². The number of anilines is 2. The fourth-order valence-electron chi connectivity index (χ4n) is 4.41. The normalized spacial score (nSPS) is 16.5. The second kappa shape index (κ2) is 14.7. The Morgan fingerprint density at radius 3 is 2.46 bits per heavy atom. The number of nitrogens with two attached hydrogens (primary N) is 2. The van der Waals surface area contributed by atoms with Gasteiger partial charge in [0, 0.05) is 18.2 Å². The van der Waals surface area contributed by atoms with Crippen molar-refractivity contribution in [3.8, 4) is 16.9 Å². The molecular formula is C27H31ClN8O10S2. The number of β-lactam (4-membered cyclic amide) rings is 1. The van der Waals surface area contributed by atoms with Crippen LogP contribution in [0.3, 0.4) is 0 Å². The molecule has 1 unspecified atom stereocenters. The van der Waals surface area contributed by atoms with Crippen LogP contribution in [-0.4, -0.2) is 89.0 Å². The molecule has 48 heavy (non-hydrogen) atoms. The van der Waals surface area contributed by atoms with Crippen LogP contribution >= 0.6 is 22.9 Å². The molecule has 0 bridgehead atoms. The van der Waals surface area contributed by atoms with Gasteiger partial charge in [-0.15, -0.1) is 0 Å². The van der Waals surface area contributed by atoms with Crippen LogP contribution in [0.1, 0.15) is 19.5 Å². The van der Waals surface area contributed by atoms with Gasteiger partial charge in [0.15, 0.2) is 10.8 Å². The van der Waals surface area contributed by atoms with Gasteiger partial charge in [-0.3, -0.25) is 14.9 Å². The molecule has 21 heteroatoms. The molecule has 1 aliphatic rings. The molecule has 3 heterocycles. The number of pyridine rings is 1. The highest BCUT2D eigenvalue weighted by Gasteiger charge is 2.57. The van der Waals surface area contributed by atoms with Crippen molar-refractivity contribution in [3.05, 3.63) is 52.6 Å². The number of carbonyl (C=O) groups excluding carboxylic acids is 2. The quantitative estimate of drug-likeness (QED) is 0.0345. The number of oxime groups is 1. The summed E-state index contributed by atoms with van der Waals surface area (Å²) in [6.45, 7) is 3.21. The number of carboxylic acid groups (broad SMARTS) is 1. The smallest absolute Gasteiger partial charge is 0.351 e. The van der Waals surface area contributed by atoms with Crippen molar-refractivity contribution in [2.75, 3.05) is 30.7 Å². The molecule has 18 nitrogen and oxygen atoms in total. The molecule has 0 radical (unpaired) electrons. The number of nitrogen functional groups attached to an aromatic ring is 1. The third-order valence-electron chi connectivity index (χ3n) is 6.88. The van der Waals surface area contributed by atoms with E-state index < -0.39 is 58.2 Å². The van der Waals surface area contributed by atoms with Crippen LogP contribution in [0.5, 0.6) is 5.75 Å². The topological polar surface area (TPSA) is 265 Å². The Labute approximate surface area is 283 Å². The standard InChI is InChI=1S/C27H31ClN8O10S2/c1-27(2)21(24(38)36(27)46-48(41,42)43)33-23(37)20(19-22(28)47-26(30)32-19)34-45-17(25(39)40)13-44-16-7-4-14(5-8-16)15-6-9-18(31-11-10-29)35(3)12-15/h4-9,12,17,21H,10-11,13,29H2,1-3H3,(H5,30,32,33,37,39,40,41,42,43)/b34-20-/t17?,21-/m1/s1. The molecule has 1 fully saturated rings. The Kier molecular flexibility index (Phi) is 11.1. The van der Waals surface area contributed by atoms with Crippen molar-refractivity contribution >= 4 is 67.8 Å². The molecular weight excluding hydrogens is 696 g/mol. The van der Waals surface area contributed by atoms with E-state index in [4.69, 9.17) is 32.6 Å². The van der Waals surface area contributed by atoms with Gasteiger partial charge in [-0.1, -0.05) is 40.2 Å². The average Bonchev–Trinajstić information content (AvgIpc) is 3.35. The number of nitrogens with zero attached hydrogens (tertiary/aromatic N) is 4. The fraction of sp³-hybridized carbons (Fsp3) is 0.333. The summed E-state index contributed by atoms with van der Waals surface area (Å²) in [7, 11) is -3.40. The maximum absolute atomic E-state index is 13.3. The molecule has 2 aromatic heterocycles. The highest BCUT2D eigenvalue weighted by molar-refractivity contribution is 7.80. The Bertz CT molecular complexity index is 1840. The monoisotopic (exact) mass is 726 g/mol. The number of aryl methyl sites for hydroxylation is 1. The predicted octanol–water partition coefficient (Wildman–Crippen LogP) is -0.00890. The molecule has 2 amide bonds. The molecule has 3 aromatic rings. The van der Waals surface area contributed by atoms with E-state index in [2.05, 4.69) is 25.1 Å². The van der Waals surface area contributed by atoms with Crippen LogP contribution in [0.15, 0.2) is 47.8 Å². The lowest BCUT2D eigenvalue weighted by molar-refractivity contribution is -0.656. The van der Waals surface area contributed by atoms with Gasteiger partial charge in [-0.05, 0) is 37.6 Å². The summed E-state index contributed by atoms with van der Waals surface area (Å²) < 4.78 is 44.6. The zero-order chi connectivity index (χ0) is 35.4. The van der Waals surface area contributed by atoms with Crippen LogP contribution in [0.4, 0.5) is 10.9 Å². The fourth-order valence-corrected chi connectivity index (χ4v) is 5.79. The molecule has 1 aliphatic heterocycles. The van der Waals surface area contributed by atoms with Crippen LogP contribution in [0.2, 0.25) is 4.34 Å². The van der Waals surface area contributed by atoms with E-state index in [1.807, 2.05) is 29.9 Å². The number of amides is 2. The number of hydroxylamine groups is 2.